The lowest BCUT2D eigenvalue weighted by molar-refractivity contribution is 0.199. The minimum absolute atomic E-state index is 0.143. The largest absolute Gasteiger partial charge is 0.385 e. The number of ether oxygens (including phenoxy) is 1. The van der Waals surface area contributed by atoms with Gasteiger partial charge in [-0.25, -0.2) is 8.42 Å². The van der Waals surface area contributed by atoms with Crippen LogP contribution < -0.4 is 0 Å². The molecule has 0 aromatic heterocycles. The Bertz CT molecular complexity index is 392. The number of aryl methyl sites for hydroxylation is 1. The van der Waals surface area contributed by atoms with Crippen LogP contribution in [0.25, 0.3) is 0 Å². The molecule has 0 fully saturated rings. The number of hydrogen-bond acceptors (Lipinski definition) is 3. The van der Waals surface area contributed by atoms with Gasteiger partial charge in [-0.2, -0.15) is 0 Å². The molecular formula is C11H16O3S. The molecule has 0 aliphatic rings. The molecule has 0 amide bonds. The lowest BCUT2D eigenvalue weighted by atomic mass is 10.2. The summed E-state index contributed by atoms with van der Waals surface area (Å²) < 4.78 is 28.4. The highest BCUT2D eigenvalue weighted by atomic mass is 32.2. The van der Waals surface area contributed by atoms with Gasteiger partial charge in [-0.05, 0) is 25.5 Å². The molecule has 0 unspecified atom stereocenters. The van der Waals surface area contributed by atoms with Crippen molar-refractivity contribution in [3.63, 3.8) is 0 Å². The maximum atomic E-state index is 11.8. The monoisotopic (exact) mass is 228 g/mol. The highest BCUT2D eigenvalue weighted by Gasteiger charge is 2.12. The van der Waals surface area contributed by atoms with Gasteiger partial charge < -0.3 is 4.74 Å². The summed E-state index contributed by atoms with van der Waals surface area (Å²) in [6.45, 7) is 2.41. The van der Waals surface area contributed by atoms with Gasteiger partial charge in [-0.1, -0.05) is 17.7 Å². The van der Waals surface area contributed by atoms with Crippen molar-refractivity contribution in [1.29, 1.82) is 0 Å². The zero-order valence-corrected chi connectivity index (χ0v) is 9.88. The van der Waals surface area contributed by atoms with Gasteiger partial charge >= 0.3 is 0 Å². The van der Waals surface area contributed by atoms with Gasteiger partial charge in [0.1, 0.15) is 0 Å². The van der Waals surface area contributed by atoms with E-state index in [9.17, 15) is 8.42 Å². The van der Waals surface area contributed by atoms with Crippen LogP contribution in [0.15, 0.2) is 29.2 Å². The molecule has 3 nitrogen and oxygen atoms in total. The number of hydrogen-bond donors (Lipinski definition) is 0. The van der Waals surface area contributed by atoms with Crippen molar-refractivity contribution >= 4 is 9.84 Å². The van der Waals surface area contributed by atoms with Crippen LogP contribution in [0.5, 0.6) is 0 Å². The van der Waals surface area contributed by atoms with Crippen LogP contribution >= 0.6 is 0 Å². The summed E-state index contributed by atoms with van der Waals surface area (Å²) >= 11 is 0. The first-order valence-corrected chi connectivity index (χ1v) is 6.50. The predicted octanol–water partition coefficient (Wildman–Crippen LogP) is 1.81. The third-order valence-electron chi connectivity index (χ3n) is 2.14. The third kappa shape index (κ3) is 3.64. The van der Waals surface area contributed by atoms with E-state index in [1.807, 2.05) is 19.1 Å². The first-order chi connectivity index (χ1) is 7.06. The minimum atomic E-state index is -3.13. The molecule has 15 heavy (non-hydrogen) atoms. The Hall–Kier alpha value is -0.870. The van der Waals surface area contributed by atoms with E-state index < -0.39 is 9.84 Å². The van der Waals surface area contributed by atoms with Gasteiger partial charge in [-0.3, -0.25) is 0 Å². The zero-order chi connectivity index (χ0) is 11.3. The summed E-state index contributed by atoms with van der Waals surface area (Å²) in [7, 11) is -1.56. The normalized spacial score (nSPS) is 11.6. The van der Waals surface area contributed by atoms with E-state index in [-0.39, 0.29) is 5.75 Å². The average molecular weight is 228 g/mol. The standard InChI is InChI=1S/C11H16O3S/c1-10-4-6-11(7-5-10)15(12,13)9-3-8-14-2/h4-7H,3,8-9H2,1-2H3. The van der Waals surface area contributed by atoms with Crippen molar-refractivity contribution in [1.82, 2.24) is 0 Å². The number of rotatable bonds is 5. The molecule has 0 spiro atoms. The maximum absolute atomic E-state index is 11.8. The van der Waals surface area contributed by atoms with Crippen molar-refractivity contribution in [2.24, 2.45) is 0 Å². The van der Waals surface area contributed by atoms with Crippen LogP contribution in [0, 0.1) is 6.92 Å². The molecule has 0 saturated heterocycles. The Morgan fingerprint density at radius 2 is 1.80 bits per heavy atom. The van der Waals surface area contributed by atoms with Gasteiger partial charge in [-0.15, -0.1) is 0 Å². The average Bonchev–Trinajstić information content (AvgIpc) is 2.18. The van der Waals surface area contributed by atoms with Gasteiger partial charge in [0.25, 0.3) is 0 Å². The van der Waals surface area contributed by atoms with Crippen LogP contribution in [-0.4, -0.2) is 27.9 Å². The molecule has 1 aromatic rings. The fourth-order valence-corrected chi connectivity index (χ4v) is 2.54. The highest BCUT2D eigenvalue weighted by molar-refractivity contribution is 7.91. The number of methoxy groups -OCH3 is 1. The predicted molar refractivity (Wildman–Crippen MR) is 59.7 cm³/mol. The molecule has 84 valence electrons. The second-order valence-electron chi connectivity index (χ2n) is 3.48. The molecule has 0 aliphatic heterocycles. The SMILES string of the molecule is COCCCS(=O)(=O)c1ccc(C)cc1. The minimum Gasteiger partial charge on any atom is -0.385 e. The molecule has 0 N–H and O–H groups in total. The molecule has 1 aromatic carbocycles. The van der Waals surface area contributed by atoms with Crippen LogP contribution in [0.3, 0.4) is 0 Å². The number of benzene rings is 1. The Morgan fingerprint density at radius 1 is 1.20 bits per heavy atom. The Balaban J connectivity index is 2.73. The fraction of sp³-hybridized carbons (Fsp3) is 0.455. The summed E-state index contributed by atoms with van der Waals surface area (Å²) in [6.07, 6.45) is 0.534. The van der Waals surface area contributed by atoms with E-state index in [1.54, 1.807) is 19.2 Å². The van der Waals surface area contributed by atoms with E-state index in [0.717, 1.165) is 5.56 Å². The topological polar surface area (TPSA) is 43.4 Å². The summed E-state index contributed by atoms with van der Waals surface area (Å²) in [5.41, 5.74) is 1.06. The molecule has 0 heterocycles. The second kappa shape index (κ2) is 5.28. The molecule has 1 rings (SSSR count). The van der Waals surface area contributed by atoms with E-state index in [1.165, 1.54) is 0 Å². The van der Waals surface area contributed by atoms with Crippen LogP contribution in [0.1, 0.15) is 12.0 Å². The van der Waals surface area contributed by atoms with Gasteiger partial charge in [0.05, 0.1) is 10.6 Å². The molecule has 4 heteroatoms. The third-order valence-corrected chi connectivity index (χ3v) is 3.96. The Morgan fingerprint density at radius 3 is 2.33 bits per heavy atom. The van der Waals surface area contributed by atoms with Crippen LogP contribution in [0.2, 0.25) is 0 Å². The zero-order valence-electron chi connectivity index (χ0n) is 9.06. The van der Waals surface area contributed by atoms with Crippen molar-refractivity contribution in [2.45, 2.75) is 18.2 Å². The van der Waals surface area contributed by atoms with Crippen LogP contribution in [0.4, 0.5) is 0 Å². The summed E-state index contributed by atoms with van der Waals surface area (Å²) in [6, 6.07) is 6.92. The van der Waals surface area contributed by atoms with E-state index >= 15 is 0 Å². The van der Waals surface area contributed by atoms with Crippen molar-refractivity contribution < 1.29 is 13.2 Å². The van der Waals surface area contributed by atoms with E-state index in [2.05, 4.69) is 0 Å². The smallest absolute Gasteiger partial charge is 0.178 e. The molecule has 0 radical (unpaired) electrons. The van der Waals surface area contributed by atoms with E-state index in [4.69, 9.17) is 4.74 Å². The molecule has 0 atom stereocenters. The van der Waals surface area contributed by atoms with Crippen molar-refractivity contribution in [3.8, 4) is 0 Å². The summed E-state index contributed by atoms with van der Waals surface area (Å²) in [4.78, 5) is 0.393. The molecular weight excluding hydrogens is 212 g/mol. The Labute approximate surface area is 91.0 Å². The molecule has 0 aliphatic carbocycles. The van der Waals surface area contributed by atoms with E-state index in [0.29, 0.717) is 17.9 Å². The lowest BCUT2D eigenvalue weighted by Gasteiger charge is -2.04. The fourth-order valence-electron chi connectivity index (χ4n) is 1.26. The first kappa shape index (κ1) is 12.2. The van der Waals surface area contributed by atoms with Gasteiger partial charge in [0.2, 0.25) is 0 Å². The quantitative estimate of drug-likeness (QED) is 0.722. The molecule has 0 bridgehead atoms. The van der Waals surface area contributed by atoms with Gasteiger partial charge in [0, 0.05) is 13.7 Å². The molecule has 0 saturated carbocycles. The maximum Gasteiger partial charge on any atom is 0.178 e. The van der Waals surface area contributed by atoms with Crippen LogP contribution in [-0.2, 0) is 14.6 Å². The Kier molecular flexibility index (Phi) is 4.29. The number of sulfone groups is 1. The first-order valence-electron chi connectivity index (χ1n) is 4.84. The summed E-state index contributed by atoms with van der Waals surface area (Å²) in [5, 5.41) is 0. The summed E-state index contributed by atoms with van der Waals surface area (Å²) in [5.74, 6) is 0.143. The highest BCUT2D eigenvalue weighted by Crippen LogP contribution is 2.12. The van der Waals surface area contributed by atoms with Crippen molar-refractivity contribution in [2.75, 3.05) is 19.5 Å². The van der Waals surface area contributed by atoms with Crippen molar-refractivity contribution in [3.05, 3.63) is 29.8 Å². The van der Waals surface area contributed by atoms with Gasteiger partial charge in [0.15, 0.2) is 9.84 Å². The second-order valence-corrected chi connectivity index (χ2v) is 5.59. The lowest BCUT2D eigenvalue weighted by Crippen LogP contribution is -2.08.